The molecule has 0 unspecified atom stereocenters. The van der Waals surface area contributed by atoms with Gasteiger partial charge in [-0.15, -0.1) is 0 Å². The summed E-state index contributed by atoms with van der Waals surface area (Å²) in [4.78, 5) is 16.4. The first kappa shape index (κ1) is 16.1. The molecule has 27 heavy (non-hydrogen) atoms. The summed E-state index contributed by atoms with van der Waals surface area (Å²) in [6.45, 7) is 2.16. The van der Waals surface area contributed by atoms with Crippen molar-refractivity contribution in [1.82, 2.24) is 4.98 Å². The Morgan fingerprint density at radius 2 is 1.89 bits per heavy atom. The standard InChI is InChI=1S/C22H19NO4/c1-12-16-8-19-20(27-11-26-19)10-18(16)23-22(17(12)9-21(24)25)15-6-5-13-3-2-4-14(13)7-15/h5-8,10H,2-4,9,11H2,1H3,(H,24,25). The van der Waals surface area contributed by atoms with E-state index in [1.165, 1.54) is 17.5 Å². The molecule has 0 saturated heterocycles. The summed E-state index contributed by atoms with van der Waals surface area (Å²) >= 11 is 0. The second-order valence-electron chi connectivity index (χ2n) is 7.19. The highest BCUT2D eigenvalue weighted by atomic mass is 16.7. The van der Waals surface area contributed by atoms with Gasteiger partial charge in [-0.05, 0) is 60.6 Å². The van der Waals surface area contributed by atoms with E-state index in [0.717, 1.165) is 46.1 Å². The topological polar surface area (TPSA) is 68.7 Å². The number of benzene rings is 2. The Morgan fingerprint density at radius 1 is 1.11 bits per heavy atom. The Morgan fingerprint density at radius 3 is 2.70 bits per heavy atom. The highest BCUT2D eigenvalue weighted by molar-refractivity contribution is 5.91. The number of rotatable bonds is 3. The van der Waals surface area contributed by atoms with Gasteiger partial charge in [-0.3, -0.25) is 4.79 Å². The molecule has 1 N–H and O–H groups in total. The Balaban J connectivity index is 1.76. The van der Waals surface area contributed by atoms with Gasteiger partial charge in [-0.25, -0.2) is 4.98 Å². The van der Waals surface area contributed by atoms with Gasteiger partial charge in [0.1, 0.15) is 0 Å². The van der Waals surface area contributed by atoms with Crippen molar-refractivity contribution < 1.29 is 19.4 Å². The number of nitrogens with zero attached hydrogens (tertiary/aromatic N) is 1. The van der Waals surface area contributed by atoms with E-state index in [-0.39, 0.29) is 13.2 Å². The fourth-order valence-corrected chi connectivity index (χ4v) is 4.18. The summed E-state index contributed by atoms with van der Waals surface area (Å²) in [6, 6.07) is 10.2. The fourth-order valence-electron chi connectivity index (χ4n) is 4.18. The number of aryl methyl sites for hydroxylation is 3. The van der Waals surface area contributed by atoms with Crippen LogP contribution in [-0.2, 0) is 24.1 Å². The predicted molar refractivity (Wildman–Crippen MR) is 101 cm³/mol. The summed E-state index contributed by atoms with van der Waals surface area (Å²) in [5.41, 5.74) is 6.94. The van der Waals surface area contributed by atoms with Crippen molar-refractivity contribution in [2.75, 3.05) is 6.79 Å². The molecule has 0 bridgehead atoms. The average Bonchev–Trinajstić information content (AvgIpc) is 3.30. The molecule has 0 amide bonds. The van der Waals surface area contributed by atoms with Gasteiger partial charge in [-0.1, -0.05) is 12.1 Å². The molecule has 0 spiro atoms. The molecule has 5 heteroatoms. The molecule has 136 valence electrons. The van der Waals surface area contributed by atoms with Gasteiger partial charge in [-0.2, -0.15) is 0 Å². The quantitative estimate of drug-likeness (QED) is 0.762. The fraction of sp³-hybridized carbons (Fsp3) is 0.273. The molecular formula is C22H19NO4. The molecular weight excluding hydrogens is 342 g/mol. The van der Waals surface area contributed by atoms with Gasteiger partial charge in [0.05, 0.1) is 17.6 Å². The molecule has 1 aromatic heterocycles. The third kappa shape index (κ3) is 2.62. The summed E-state index contributed by atoms with van der Waals surface area (Å²) in [5, 5.41) is 10.4. The largest absolute Gasteiger partial charge is 0.481 e. The first-order valence-corrected chi connectivity index (χ1v) is 9.17. The highest BCUT2D eigenvalue weighted by Gasteiger charge is 2.21. The first-order chi connectivity index (χ1) is 13.1. The van der Waals surface area contributed by atoms with Crippen molar-refractivity contribution in [2.24, 2.45) is 0 Å². The monoisotopic (exact) mass is 361 g/mol. The number of carbonyl (C=O) groups is 1. The molecule has 5 nitrogen and oxygen atoms in total. The van der Waals surface area contributed by atoms with E-state index in [4.69, 9.17) is 14.5 Å². The number of hydrogen-bond acceptors (Lipinski definition) is 4. The minimum atomic E-state index is -0.859. The van der Waals surface area contributed by atoms with Crippen LogP contribution in [0.1, 0.15) is 28.7 Å². The van der Waals surface area contributed by atoms with E-state index >= 15 is 0 Å². The maximum atomic E-state index is 11.5. The number of carboxylic acid groups (broad SMARTS) is 1. The number of pyridine rings is 1. The van der Waals surface area contributed by atoms with Crippen LogP contribution in [0.15, 0.2) is 30.3 Å². The van der Waals surface area contributed by atoms with Crippen molar-refractivity contribution in [3.05, 3.63) is 52.6 Å². The van der Waals surface area contributed by atoms with Crippen molar-refractivity contribution in [3.63, 3.8) is 0 Å². The maximum Gasteiger partial charge on any atom is 0.307 e. The van der Waals surface area contributed by atoms with Gasteiger partial charge in [0, 0.05) is 17.0 Å². The number of fused-ring (bicyclic) bond motifs is 3. The van der Waals surface area contributed by atoms with Crippen LogP contribution in [0.25, 0.3) is 22.2 Å². The van der Waals surface area contributed by atoms with Crippen LogP contribution in [0.3, 0.4) is 0 Å². The Labute approximate surface area is 156 Å². The maximum absolute atomic E-state index is 11.5. The number of ether oxygens (including phenoxy) is 2. The van der Waals surface area contributed by atoms with Gasteiger partial charge in [0.2, 0.25) is 6.79 Å². The molecule has 0 atom stereocenters. The Kier molecular flexibility index (Phi) is 3.57. The van der Waals surface area contributed by atoms with Crippen LogP contribution in [0.5, 0.6) is 11.5 Å². The van der Waals surface area contributed by atoms with Crippen LogP contribution in [0.2, 0.25) is 0 Å². The van der Waals surface area contributed by atoms with E-state index in [2.05, 4.69) is 18.2 Å². The summed E-state index contributed by atoms with van der Waals surface area (Å²) in [5.74, 6) is 0.502. The lowest BCUT2D eigenvalue weighted by molar-refractivity contribution is -0.136. The molecule has 0 saturated carbocycles. The Hall–Kier alpha value is -3.08. The minimum Gasteiger partial charge on any atom is -0.481 e. The van der Waals surface area contributed by atoms with Crippen molar-refractivity contribution in [1.29, 1.82) is 0 Å². The molecule has 2 heterocycles. The van der Waals surface area contributed by atoms with Gasteiger partial charge in [0.25, 0.3) is 0 Å². The zero-order chi connectivity index (χ0) is 18.5. The molecule has 2 aromatic carbocycles. The lowest BCUT2D eigenvalue weighted by atomic mass is 9.94. The number of aliphatic carboxylic acids is 1. The van der Waals surface area contributed by atoms with E-state index in [1.54, 1.807) is 0 Å². The lowest BCUT2D eigenvalue weighted by Crippen LogP contribution is -2.06. The van der Waals surface area contributed by atoms with Crippen LogP contribution >= 0.6 is 0 Å². The number of carboxylic acids is 1. The zero-order valence-electron chi connectivity index (χ0n) is 15.0. The Bertz CT molecular complexity index is 1100. The first-order valence-electron chi connectivity index (χ1n) is 9.17. The van der Waals surface area contributed by atoms with E-state index in [9.17, 15) is 9.90 Å². The zero-order valence-corrected chi connectivity index (χ0v) is 15.0. The summed E-state index contributed by atoms with van der Waals surface area (Å²) < 4.78 is 11.0. The molecule has 1 aliphatic carbocycles. The highest BCUT2D eigenvalue weighted by Crippen LogP contribution is 2.39. The van der Waals surface area contributed by atoms with Crippen LogP contribution in [-0.4, -0.2) is 22.9 Å². The van der Waals surface area contributed by atoms with Crippen LogP contribution in [0.4, 0.5) is 0 Å². The predicted octanol–water partition coefficient (Wildman–Crippen LogP) is 4.05. The van der Waals surface area contributed by atoms with Crippen molar-refractivity contribution in [3.8, 4) is 22.8 Å². The minimum absolute atomic E-state index is 0.0599. The van der Waals surface area contributed by atoms with E-state index < -0.39 is 5.97 Å². The van der Waals surface area contributed by atoms with Crippen molar-refractivity contribution in [2.45, 2.75) is 32.6 Å². The number of hydrogen-bond donors (Lipinski definition) is 1. The van der Waals surface area contributed by atoms with Crippen molar-refractivity contribution >= 4 is 16.9 Å². The lowest BCUT2D eigenvalue weighted by Gasteiger charge is -2.15. The molecule has 3 aromatic rings. The summed E-state index contributed by atoms with van der Waals surface area (Å²) in [7, 11) is 0. The third-order valence-corrected chi connectivity index (χ3v) is 5.57. The molecule has 0 fully saturated rings. The molecule has 1 aliphatic heterocycles. The smallest absolute Gasteiger partial charge is 0.307 e. The summed E-state index contributed by atoms with van der Waals surface area (Å²) in [6.07, 6.45) is 3.30. The normalized spacial score (nSPS) is 14.6. The van der Waals surface area contributed by atoms with Gasteiger partial charge >= 0.3 is 5.97 Å². The molecule has 0 radical (unpaired) electrons. The molecule has 2 aliphatic rings. The van der Waals surface area contributed by atoms with Crippen LogP contribution in [0, 0.1) is 6.92 Å². The van der Waals surface area contributed by atoms with Crippen LogP contribution < -0.4 is 9.47 Å². The SMILES string of the molecule is Cc1c(CC(=O)O)c(-c2ccc3c(c2)CCC3)nc2cc3c(cc12)OCO3. The van der Waals surface area contributed by atoms with E-state index in [1.807, 2.05) is 19.1 Å². The second-order valence-corrected chi connectivity index (χ2v) is 7.19. The third-order valence-electron chi connectivity index (χ3n) is 5.57. The van der Waals surface area contributed by atoms with Gasteiger partial charge in [0.15, 0.2) is 11.5 Å². The van der Waals surface area contributed by atoms with E-state index in [0.29, 0.717) is 11.5 Å². The second kappa shape index (κ2) is 5.98. The average molecular weight is 361 g/mol. The molecule has 5 rings (SSSR count). The number of aromatic nitrogens is 1. The van der Waals surface area contributed by atoms with Gasteiger partial charge < -0.3 is 14.6 Å².